The van der Waals surface area contributed by atoms with Gasteiger partial charge in [-0.1, -0.05) is 11.6 Å². The Morgan fingerprint density at radius 3 is 2.48 bits per heavy atom. The predicted octanol–water partition coefficient (Wildman–Crippen LogP) is 2.97. The average molecular weight is 405 g/mol. The van der Waals surface area contributed by atoms with Gasteiger partial charge in [0.2, 0.25) is 0 Å². The van der Waals surface area contributed by atoms with Crippen LogP contribution in [0.4, 0.5) is 5.69 Å². The second-order valence-electron chi connectivity index (χ2n) is 4.80. The molecule has 0 aliphatic carbocycles. The van der Waals surface area contributed by atoms with E-state index in [1.54, 1.807) is 6.92 Å². The van der Waals surface area contributed by atoms with Crippen LogP contribution in [0.5, 0.6) is 11.5 Å². The quantitative estimate of drug-likeness (QED) is 0.739. The number of carbonyl (C=O) groups is 1. The van der Waals surface area contributed by atoms with Crippen LogP contribution in [0.1, 0.15) is 16.6 Å². The van der Waals surface area contributed by atoms with Crippen molar-refractivity contribution in [3.63, 3.8) is 0 Å². The van der Waals surface area contributed by atoms with Gasteiger partial charge < -0.3 is 14.8 Å². The maximum Gasteiger partial charge on any atom is 0.262 e. The largest absolute Gasteiger partial charge is 0.495 e. The van der Waals surface area contributed by atoms with E-state index in [4.69, 9.17) is 21.1 Å². The van der Waals surface area contributed by atoms with Crippen LogP contribution in [0.3, 0.4) is 0 Å². The van der Waals surface area contributed by atoms with E-state index in [0.717, 1.165) is 11.3 Å². The molecule has 2 N–H and O–H groups in total. The molecule has 0 saturated carbocycles. The number of carbonyl (C=O) groups excluding carboxylic acids is 1. The summed E-state index contributed by atoms with van der Waals surface area (Å²) >= 11 is 7.06. The Morgan fingerprint density at radius 2 is 1.88 bits per heavy atom. The van der Waals surface area contributed by atoms with Crippen LogP contribution >= 0.6 is 22.9 Å². The number of rotatable bonds is 7. The van der Waals surface area contributed by atoms with E-state index < -0.39 is 10.0 Å². The molecule has 2 aromatic rings. The standard InChI is InChI=1S/C15H17ClN2O5S2/c1-4-17-15(19)14-5-9(8-24-14)25(20,21)18-11-7-12(22-2)10(16)6-13(11)23-3/h5-8,18H,4H2,1-3H3,(H,17,19). The fourth-order valence-corrected chi connectivity index (χ4v) is 4.45. The first kappa shape index (κ1) is 19.4. The van der Waals surface area contributed by atoms with Crippen LogP contribution in [0.15, 0.2) is 28.5 Å². The number of anilines is 1. The zero-order valence-corrected chi connectivity index (χ0v) is 16.1. The van der Waals surface area contributed by atoms with Crippen molar-refractivity contribution >= 4 is 44.6 Å². The number of ether oxygens (including phenoxy) is 2. The van der Waals surface area contributed by atoms with Gasteiger partial charge in [0, 0.05) is 24.1 Å². The fraction of sp³-hybridized carbons (Fsp3) is 0.267. The van der Waals surface area contributed by atoms with Crippen molar-refractivity contribution in [2.75, 3.05) is 25.5 Å². The summed E-state index contributed by atoms with van der Waals surface area (Å²) in [5.74, 6) is 0.224. The summed E-state index contributed by atoms with van der Waals surface area (Å²) < 4.78 is 37.8. The molecule has 1 amide bonds. The van der Waals surface area contributed by atoms with Gasteiger partial charge >= 0.3 is 0 Å². The van der Waals surface area contributed by atoms with Crippen molar-refractivity contribution < 1.29 is 22.7 Å². The van der Waals surface area contributed by atoms with Crippen LogP contribution in [0.2, 0.25) is 5.02 Å². The van der Waals surface area contributed by atoms with E-state index in [1.165, 1.54) is 37.8 Å². The van der Waals surface area contributed by atoms with Crippen LogP contribution in [-0.4, -0.2) is 35.1 Å². The number of benzene rings is 1. The van der Waals surface area contributed by atoms with Gasteiger partial charge in [0.1, 0.15) is 11.5 Å². The van der Waals surface area contributed by atoms with Gasteiger partial charge in [-0.3, -0.25) is 9.52 Å². The molecular formula is C15H17ClN2O5S2. The monoisotopic (exact) mass is 404 g/mol. The highest BCUT2D eigenvalue weighted by atomic mass is 35.5. The first-order valence-corrected chi connectivity index (χ1v) is 9.87. The first-order chi connectivity index (χ1) is 11.8. The Bertz CT molecular complexity index is 880. The summed E-state index contributed by atoms with van der Waals surface area (Å²) in [6.45, 7) is 2.24. The SMILES string of the molecule is CCNC(=O)c1cc(S(=O)(=O)Nc2cc(OC)c(Cl)cc2OC)cs1. The van der Waals surface area contributed by atoms with Crippen molar-refractivity contribution in [3.8, 4) is 11.5 Å². The Balaban J connectivity index is 2.34. The smallest absolute Gasteiger partial charge is 0.262 e. The molecule has 0 unspecified atom stereocenters. The number of thiophene rings is 1. The highest BCUT2D eigenvalue weighted by Crippen LogP contribution is 2.37. The lowest BCUT2D eigenvalue weighted by molar-refractivity contribution is 0.0959. The molecule has 0 aliphatic rings. The van der Waals surface area contributed by atoms with Crippen LogP contribution in [-0.2, 0) is 10.0 Å². The van der Waals surface area contributed by atoms with E-state index in [1.807, 2.05) is 0 Å². The molecule has 0 saturated heterocycles. The summed E-state index contributed by atoms with van der Waals surface area (Å²) in [5.41, 5.74) is 0.175. The molecule has 1 heterocycles. The molecule has 7 nitrogen and oxygen atoms in total. The van der Waals surface area contributed by atoms with Crippen molar-refractivity contribution in [3.05, 3.63) is 33.5 Å². The molecule has 0 fully saturated rings. The minimum absolute atomic E-state index is 0.0188. The van der Waals surface area contributed by atoms with Gasteiger partial charge in [0.05, 0.1) is 34.7 Å². The van der Waals surface area contributed by atoms with E-state index in [0.29, 0.717) is 17.2 Å². The van der Waals surface area contributed by atoms with Crippen molar-refractivity contribution in [2.24, 2.45) is 0 Å². The predicted molar refractivity (Wildman–Crippen MR) is 97.7 cm³/mol. The third kappa shape index (κ3) is 4.36. The number of nitrogens with one attached hydrogen (secondary N) is 2. The van der Waals surface area contributed by atoms with Crippen LogP contribution in [0.25, 0.3) is 0 Å². The molecule has 1 aromatic carbocycles. The second-order valence-corrected chi connectivity index (χ2v) is 7.80. The Hall–Kier alpha value is -1.97. The number of hydrogen-bond acceptors (Lipinski definition) is 6. The molecule has 0 radical (unpaired) electrons. The molecular weight excluding hydrogens is 388 g/mol. The Morgan fingerprint density at radius 1 is 1.20 bits per heavy atom. The highest BCUT2D eigenvalue weighted by molar-refractivity contribution is 7.92. The molecule has 25 heavy (non-hydrogen) atoms. The van der Waals surface area contributed by atoms with E-state index >= 15 is 0 Å². The Labute approximate surface area is 155 Å². The van der Waals surface area contributed by atoms with Gasteiger partial charge in [-0.2, -0.15) is 0 Å². The third-order valence-corrected chi connectivity index (χ3v) is 5.88. The summed E-state index contributed by atoms with van der Waals surface area (Å²) in [7, 11) is -1.09. The fourth-order valence-electron chi connectivity index (χ4n) is 1.97. The van der Waals surface area contributed by atoms with Gasteiger partial charge in [-0.15, -0.1) is 11.3 Å². The van der Waals surface area contributed by atoms with Gasteiger partial charge in [-0.25, -0.2) is 8.42 Å². The summed E-state index contributed by atoms with van der Waals surface area (Å²) in [6, 6.07) is 4.19. The molecule has 2 rings (SSSR count). The maximum absolute atomic E-state index is 12.6. The number of hydrogen-bond donors (Lipinski definition) is 2. The zero-order valence-electron chi connectivity index (χ0n) is 13.8. The Kier molecular flexibility index (Phi) is 6.15. The number of amides is 1. The minimum atomic E-state index is -3.91. The van der Waals surface area contributed by atoms with Crippen molar-refractivity contribution in [1.29, 1.82) is 0 Å². The lowest BCUT2D eigenvalue weighted by Gasteiger charge is -2.13. The molecule has 1 aromatic heterocycles. The molecule has 0 atom stereocenters. The number of halogens is 1. The lowest BCUT2D eigenvalue weighted by Crippen LogP contribution is -2.21. The highest BCUT2D eigenvalue weighted by Gasteiger charge is 2.21. The molecule has 0 spiro atoms. The third-order valence-electron chi connectivity index (χ3n) is 3.17. The van der Waals surface area contributed by atoms with Crippen LogP contribution in [0, 0.1) is 0 Å². The number of methoxy groups -OCH3 is 2. The van der Waals surface area contributed by atoms with E-state index in [-0.39, 0.29) is 27.3 Å². The maximum atomic E-state index is 12.6. The number of sulfonamides is 1. The topological polar surface area (TPSA) is 93.7 Å². The average Bonchev–Trinajstić information content (AvgIpc) is 3.07. The molecule has 0 aliphatic heterocycles. The first-order valence-electron chi connectivity index (χ1n) is 7.13. The van der Waals surface area contributed by atoms with Crippen LogP contribution < -0.4 is 19.5 Å². The zero-order chi connectivity index (χ0) is 18.6. The summed E-state index contributed by atoms with van der Waals surface area (Å²) in [5, 5.41) is 4.30. The van der Waals surface area contributed by atoms with Gasteiger partial charge in [-0.05, 0) is 13.0 Å². The molecule has 136 valence electrons. The molecule has 0 bridgehead atoms. The van der Waals surface area contributed by atoms with E-state index in [2.05, 4.69) is 10.0 Å². The summed E-state index contributed by atoms with van der Waals surface area (Å²) in [4.78, 5) is 12.1. The minimum Gasteiger partial charge on any atom is -0.495 e. The normalized spacial score (nSPS) is 11.0. The summed E-state index contributed by atoms with van der Waals surface area (Å²) in [6.07, 6.45) is 0. The van der Waals surface area contributed by atoms with E-state index in [9.17, 15) is 13.2 Å². The molecule has 10 heteroatoms. The van der Waals surface area contributed by atoms with Gasteiger partial charge in [0.15, 0.2) is 0 Å². The lowest BCUT2D eigenvalue weighted by atomic mass is 10.3. The van der Waals surface area contributed by atoms with Crippen molar-refractivity contribution in [1.82, 2.24) is 5.32 Å². The van der Waals surface area contributed by atoms with Crippen molar-refractivity contribution in [2.45, 2.75) is 11.8 Å². The second kappa shape index (κ2) is 7.94. The van der Waals surface area contributed by atoms with Gasteiger partial charge in [0.25, 0.3) is 15.9 Å².